The van der Waals surface area contributed by atoms with Crippen molar-refractivity contribution in [1.82, 2.24) is 9.97 Å². The van der Waals surface area contributed by atoms with Crippen molar-refractivity contribution in [2.45, 2.75) is 63.4 Å². The third-order valence-corrected chi connectivity index (χ3v) is 5.43. The fourth-order valence-corrected chi connectivity index (χ4v) is 3.83. The molecule has 0 bridgehead atoms. The minimum absolute atomic E-state index is 0.604. The van der Waals surface area contributed by atoms with E-state index in [2.05, 4.69) is 47.0 Å². The fraction of sp³-hybridized carbons (Fsp3) is 0.733. The Kier molecular flexibility index (Phi) is 6.15. The number of rotatable bonds is 6. The predicted molar refractivity (Wildman–Crippen MR) is 91.5 cm³/mol. The van der Waals surface area contributed by atoms with Crippen molar-refractivity contribution in [1.29, 1.82) is 0 Å². The third kappa shape index (κ3) is 4.10. The summed E-state index contributed by atoms with van der Waals surface area (Å²) in [5.41, 5.74) is 1.22. The van der Waals surface area contributed by atoms with Crippen LogP contribution in [0, 0.1) is 0 Å². The maximum atomic E-state index is 4.85. The maximum Gasteiger partial charge on any atom is 0.144 e. The van der Waals surface area contributed by atoms with Gasteiger partial charge in [0.25, 0.3) is 0 Å². The lowest BCUT2D eigenvalue weighted by Gasteiger charge is -2.16. The highest BCUT2D eigenvalue weighted by Crippen LogP contribution is 2.39. The molecule has 5 heteroatoms. The van der Waals surface area contributed by atoms with E-state index in [4.69, 9.17) is 4.98 Å². The second kappa shape index (κ2) is 7.64. The van der Waals surface area contributed by atoms with Crippen molar-refractivity contribution in [3.8, 4) is 0 Å². The van der Waals surface area contributed by atoms with Gasteiger partial charge < -0.3 is 5.32 Å². The summed E-state index contributed by atoms with van der Waals surface area (Å²) in [6.45, 7) is 7.42. The average molecular weight is 358 g/mol. The number of halogens is 1. The second-order valence-corrected chi connectivity index (χ2v) is 7.92. The molecule has 0 unspecified atom stereocenters. The van der Waals surface area contributed by atoms with Gasteiger partial charge >= 0.3 is 0 Å². The fourth-order valence-electron chi connectivity index (χ4n) is 2.57. The number of anilines is 1. The molecule has 0 spiro atoms. The molecule has 0 saturated heterocycles. The molecule has 3 nitrogen and oxygen atoms in total. The van der Waals surface area contributed by atoms with Gasteiger partial charge in [-0.1, -0.05) is 26.7 Å². The zero-order valence-electron chi connectivity index (χ0n) is 12.6. The van der Waals surface area contributed by atoms with Gasteiger partial charge in [0.1, 0.15) is 11.6 Å². The standard InChI is InChI=1S/C15H24BrN3S/c1-4-17-15-13(16)14(11-7-5-6-8-11)18-12(19-15)9-20-10(2)3/h10-11H,4-9H2,1-3H3,(H,17,18,19). The minimum Gasteiger partial charge on any atom is -0.369 e. The molecular formula is C15H24BrN3S. The molecule has 2 rings (SSSR count). The molecule has 1 heterocycles. The van der Waals surface area contributed by atoms with E-state index in [1.54, 1.807) is 0 Å². The van der Waals surface area contributed by atoms with Crippen LogP contribution in [0.15, 0.2) is 4.47 Å². The molecule has 1 aliphatic carbocycles. The Hall–Kier alpha value is -0.290. The van der Waals surface area contributed by atoms with Gasteiger partial charge in [-0.05, 0) is 40.9 Å². The van der Waals surface area contributed by atoms with E-state index in [0.717, 1.165) is 28.4 Å². The topological polar surface area (TPSA) is 37.8 Å². The van der Waals surface area contributed by atoms with E-state index in [9.17, 15) is 0 Å². The summed E-state index contributed by atoms with van der Waals surface area (Å²) >= 11 is 5.61. The monoisotopic (exact) mass is 357 g/mol. The Bertz CT molecular complexity index is 445. The van der Waals surface area contributed by atoms with E-state index in [0.29, 0.717) is 11.2 Å². The van der Waals surface area contributed by atoms with Gasteiger partial charge in [-0.2, -0.15) is 11.8 Å². The Morgan fingerprint density at radius 1 is 1.30 bits per heavy atom. The van der Waals surface area contributed by atoms with Crippen molar-refractivity contribution < 1.29 is 0 Å². The first-order valence-electron chi connectivity index (χ1n) is 7.53. The summed E-state index contributed by atoms with van der Waals surface area (Å²) in [7, 11) is 0. The SMILES string of the molecule is CCNc1nc(CSC(C)C)nc(C2CCCC2)c1Br. The van der Waals surface area contributed by atoms with E-state index in [-0.39, 0.29) is 0 Å². The summed E-state index contributed by atoms with van der Waals surface area (Å²) in [4.78, 5) is 9.53. The van der Waals surface area contributed by atoms with Crippen molar-refractivity contribution >= 4 is 33.5 Å². The van der Waals surface area contributed by atoms with Crippen LogP contribution in [0.4, 0.5) is 5.82 Å². The van der Waals surface area contributed by atoms with Crippen molar-refractivity contribution in [3.63, 3.8) is 0 Å². The van der Waals surface area contributed by atoms with Crippen LogP contribution >= 0.6 is 27.7 Å². The molecule has 112 valence electrons. The molecule has 1 saturated carbocycles. The Balaban J connectivity index is 2.27. The molecular weight excluding hydrogens is 334 g/mol. The first-order valence-corrected chi connectivity index (χ1v) is 9.37. The third-order valence-electron chi connectivity index (χ3n) is 3.56. The number of hydrogen-bond acceptors (Lipinski definition) is 4. The smallest absolute Gasteiger partial charge is 0.144 e. The van der Waals surface area contributed by atoms with E-state index in [1.807, 2.05) is 11.8 Å². The van der Waals surface area contributed by atoms with Gasteiger partial charge in [-0.15, -0.1) is 0 Å². The van der Waals surface area contributed by atoms with Crippen LogP contribution in [0.25, 0.3) is 0 Å². The number of hydrogen-bond donors (Lipinski definition) is 1. The second-order valence-electron chi connectivity index (χ2n) is 5.56. The molecule has 1 aliphatic rings. The highest BCUT2D eigenvalue weighted by molar-refractivity contribution is 9.10. The molecule has 1 aromatic heterocycles. The molecule has 20 heavy (non-hydrogen) atoms. The van der Waals surface area contributed by atoms with Crippen LogP contribution in [0.2, 0.25) is 0 Å². The lowest BCUT2D eigenvalue weighted by atomic mass is 10.0. The van der Waals surface area contributed by atoms with Gasteiger partial charge in [0.15, 0.2) is 0 Å². The van der Waals surface area contributed by atoms with Crippen LogP contribution in [-0.4, -0.2) is 21.8 Å². The van der Waals surface area contributed by atoms with Crippen molar-refractivity contribution in [2.24, 2.45) is 0 Å². The molecule has 0 aromatic carbocycles. The molecule has 0 atom stereocenters. The average Bonchev–Trinajstić information content (AvgIpc) is 2.93. The highest BCUT2D eigenvalue weighted by Gasteiger charge is 2.23. The Labute approximate surface area is 134 Å². The summed E-state index contributed by atoms with van der Waals surface area (Å²) < 4.78 is 1.07. The molecule has 1 aromatic rings. The van der Waals surface area contributed by atoms with Crippen LogP contribution in [0.1, 0.15) is 63.9 Å². The molecule has 1 N–H and O–H groups in total. The van der Waals surface area contributed by atoms with Crippen molar-refractivity contribution in [2.75, 3.05) is 11.9 Å². The van der Waals surface area contributed by atoms with Crippen LogP contribution < -0.4 is 5.32 Å². The van der Waals surface area contributed by atoms with Gasteiger partial charge in [-0.3, -0.25) is 0 Å². The minimum atomic E-state index is 0.604. The zero-order valence-corrected chi connectivity index (χ0v) is 15.0. The number of thioether (sulfide) groups is 1. The van der Waals surface area contributed by atoms with Gasteiger partial charge in [0, 0.05) is 12.5 Å². The largest absolute Gasteiger partial charge is 0.369 e. The molecule has 1 fully saturated rings. The van der Waals surface area contributed by atoms with Crippen LogP contribution in [-0.2, 0) is 5.75 Å². The van der Waals surface area contributed by atoms with Crippen LogP contribution in [0.5, 0.6) is 0 Å². The predicted octanol–water partition coefficient (Wildman–Crippen LogP) is 4.97. The number of nitrogens with one attached hydrogen (secondary N) is 1. The van der Waals surface area contributed by atoms with E-state index < -0.39 is 0 Å². The number of nitrogens with zero attached hydrogens (tertiary/aromatic N) is 2. The first kappa shape index (κ1) is 16.1. The number of aromatic nitrogens is 2. The van der Waals surface area contributed by atoms with Gasteiger partial charge in [0.2, 0.25) is 0 Å². The summed E-state index contributed by atoms with van der Waals surface area (Å²) in [6.07, 6.45) is 5.18. The van der Waals surface area contributed by atoms with E-state index >= 15 is 0 Å². The molecule has 0 radical (unpaired) electrons. The summed E-state index contributed by atoms with van der Waals surface area (Å²) in [5.74, 6) is 3.42. The quantitative estimate of drug-likeness (QED) is 0.779. The first-order chi connectivity index (χ1) is 9.61. The lowest BCUT2D eigenvalue weighted by molar-refractivity contribution is 0.684. The van der Waals surface area contributed by atoms with Gasteiger partial charge in [-0.25, -0.2) is 9.97 Å². The highest BCUT2D eigenvalue weighted by atomic mass is 79.9. The molecule has 0 aliphatic heterocycles. The normalized spacial score (nSPS) is 16.1. The molecule has 0 amide bonds. The van der Waals surface area contributed by atoms with Crippen LogP contribution in [0.3, 0.4) is 0 Å². The van der Waals surface area contributed by atoms with E-state index in [1.165, 1.54) is 31.4 Å². The Morgan fingerprint density at radius 3 is 2.60 bits per heavy atom. The van der Waals surface area contributed by atoms with Crippen molar-refractivity contribution in [3.05, 3.63) is 16.0 Å². The summed E-state index contributed by atoms with van der Waals surface area (Å²) in [6, 6.07) is 0. The maximum absolute atomic E-state index is 4.85. The Morgan fingerprint density at radius 2 is 2.00 bits per heavy atom. The lowest BCUT2D eigenvalue weighted by Crippen LogP contribution is -2.10. The summed E-state index contributed by atoms with van der Waals surface area (Å²) in [5, 5.41) is 3.97. The zero-order chi connectivity index (χ0) is 14.5. The van der Waals surface area contributed by atoms with Gasteiger partial charge in [0.05, 0.1) is 15.9 Å².